The van der Waals surface area contributed by atoms with Crippen LogP contribution >= 0.6 is 0 Å². The Labute approximate surface area is 67.6 Å². The van der Waals surface area contributed by atoms with E-state index in [4.69, 9.17) is 5.11 Å². The van der Waals surface area contributed by atoms with Gasteiger partial charge in [0.05, 0.1) is 5.41 Å². The number of aliphatic carboxylic acids is 1. The molecule has 0 saturated heterocycles. The Balaban J connectivity index is 2.70. The largest absolute Gasteiger partial charge is 0.481 e. The van der Waals surface area contributed by atoms with Gasteiger partial charge in [0.25, 0.3) is 0 Å². The summed E-state index contributed by atoms with van der Waals surface area (Å²) in [4.78, 5) is 10.9. The second kappa shape index (κ2) is 2.84. The van der Waals surface area contributed by atoms with Gasteiger partial charge >= 0.3 is 5.97 Å². The summed E-state index contributed by atoms with van der Waals surface area (Å²) in [5, 5.41) is 8.98. The van der Waals surface area contributed by atoms with Crippen LogP contribution in [0.25, 0.3) is 0 Å². The van der Waals surface area contributed by atoms with Crippen LogP contribution in [0.2, 0.25) is 0 Å². The van der Waals surface area contributed by atoms with Crippen LogP contribution in [0.5, 0.6) is 0 Å². The lowest BCUT2D eigenvalue weighted by Gasteiger charge is -2.21. The molecule has 11 heavy (non-hydrogen) atoms. The molecule has 0 bridgehead atoms. The molecule has 1 aliphatic carbocycles. The quantitative estimate of drug-likeness (QED) is 0.666. The molecule has 0 heterocycles. The molecule has 0 aromatic heterocycles. The fourth-order valence-electron chi connectivity index (χ4n) is 2.06. The first-order valence-corrected chi connectivity index (χ1v) is 4.34. The normalized spacial score (nSPS) is 37.5. The molecule has 2 unspecified atom stereocenters. The third-order valence-electron chi connectivity index (χ3n) is 2.99. The van der Waals surface area contributed by atoms with Crippen LogP contribution < -0.4 is 0 Å². The van der Waals surface area contributed by atoms with Crippen molar-refractivity contribution in [1.29, 1.82) is 0 Å². The van der Waals surface area contributed by atoms with Gasteiger partial charge in [0.15, 0.2) is 0 Å². The minimum atomic E-state index is -0.593. The summed E-state index contributed by atoms with van der Waals surface area (Å²) in [7, 11) is 0. The molecule has 1 saturated carbocycles. The van der Waals surface area contributed by atoms with Crippen molar-refractivity contribution in [3.8, 4) is 0 Å². The molecule has 0 aliphatic heterocycles. The Kier molecular flexibility index (Phi) is 2.21. The summed E-state index contributed by atoms with van der Waals surface area (Å²) in [6.07, 6.45) is 3.62. The van der Waals surface area contributed by atoms with Crippen LogP contribution in [0, 0.1) is 11.3 Å². The lowest BCUT2D eigenvalue weighted by molar-refractivity contribution is -0.149. The van der Waals surface area contributed by atoms with E-state index in [0.717, 1.165) is 25.7 Å². The second-order valence-electron chi connectivity index (χ2n) is 3.79. The summed E-state index contributed by atoms with van der Waals surface area (Å²) in [5.41, 5.74) is -0.376. The van der Waals surface area contributed by atoms with Gasteiger partial charge < -0.3 is 5.11 Å². The van der Waals surface area contributed by atoms with Crippen molar-refractivity contribution >= 4 is 5.97 Å². The van der Waals surface area contributed by atoms with Gasteiger partial charge in [-0.3, -0.25) is 4.79 Å². The topological polar surface area (TPSA) is 37.3 Å². The molecule has 0 aromatic rings. The zero-order valence-electron chi connectivity index (χ0n) is 7.26. The highest BCUT2D eigenvalue weighted by Gasteiger charge is 2.42. The first-order valence-electron chi connectivity index (χ1n) is 4.34. The molecule has 1 N–H and O–H groups in total. The molecular formula is C9H16O2. The Bertz CT molecular complexity index is 165. The van der Waals surface area contributed by atoms with E-state index in [1.165, 1.54) is 0 Å². The highest BCUT2D eigenvalue weighted by molar-refractivity contribution is 5.74. The minimum Gasteiger partial charge on any atom is -0.481 e. The van der Waals surface area contributed by atoms with E-state index in [1.807, 2.05) is 6.92 Å². The average molecular weight is 156 g/mol. The van der Waals surface area contributed by atoms with Crippen molar-refractivity contribution < 1.29 is 9.90 Å². The van der Waals surface area contributed by atoms with Gasteiger partial charge in [-0.25, -0.2) is 0 Å². The maximum atomic E-state index is 10.9. The lowest BCUT2D eigenvalue weighted by atomic mass is 9.83. The van der Waals surface area contributed by atoms with Crippen molar-refractivity contribution in [3.05, 3.63) is 0 Å². The van der Waals surface area contributed by atoms with E-state index in [-0.39, 0.29) is 5.41 Å². The summed E-state index contributed by atoms with van der Waals surface area (Å²) < 4.78 is 0. The minimum absolute atomic E-state index is 0.376. The number of hydrogen-bond acceptors (Lipinski definition) is 1. The fraction of sp³-hybridized carbons (Fsp3) is 0.889. The molecular weight excluding hydrogens is 140 g/mol. The van der Waals surface area contributed by atoms with Crippen LogP contribution in [0.15, 0.2) is 0 Å². The zero-order valence-corrected chi connectivity index (χ0v) is 7.26. The van der Waals surface area contributed by atoms with Crippen LogP contribution in [-0.2, 0) is 4.79 Å². The average Bonchev–Trinajstić information content (AvgIpc) is 2.33. The van der Waals surface area contributed by atoms with Crippen LogP contribution in [0.3, 0.4) is 0 Å². The van der Waals surface area contributed by atoms with Crippen molar-refractivity contribution in [2.45, 2.75) is 39.5 Å². The van der Waals surface area contributed by atoms with Crippen molar-refractivity contribution in [2.75, 3.05) is 0 Å². The van der Waals surface area contributed by atoms with Crippen LogP contribution in [0.4, 0.5) is 0 Å². The number of hydrogen-bond donors (Lipinski definition) is 1. The van der Waals surface area contributed by atoms with Gasteiger partial charge in [-0.05, 0) is 31.6 Å². The Hall–Kier alpha value is -0.530. The summed E-state index contributed by atoms with van der Waals surface area (Å²) in [5.74, 6) is 0.00963. The molecule has 0 amide bonds. The van der Waals surface area contributed by atoms with Crippen molar-refractivity contribution in [2.24, 2.45) is 11.3 Å². The number of carboxylic acids is 1. The van der Waals surface area contributed by atoms with Gasteiger partial charge in [-0.15, -0.1) is 0 Å². The molecule has 0 spiro atoms. The maximum Gasteiger partial charge on any atom is 0.309 e. The lowest BCUT2D eigenvalue weighted by Crippen LogP contribution is -2.26. The van der Waals surface area contributed by atoms with Crippen molar-refractivity contribution in [3.63, 3.8) is 0 Å². The van der Waals surface area contributed by atoms with Gasteiger partial charge in [-0.1, -0.05) is 13.8 Å². The monoisotopic (exact) mass is 156 g/mol. The van der Waals surface area contributed by atoms with E-state index in [9.17, 15) is 4.79 Å². The van der Waals surface area contributed by atoms with Crippen molar-refractivity contribution in [1.82, 2.24) is 0 Å². The zero-order chi connectivity index (χ0) is 8.48. The number of rotatable bonds is 2. The Morgan fingerprint density at radius 3 is 2.55 bits per heavy atom. The third-order valence-corrected chi connectivity index (χ3v) is 2.99. The first kappa shape index (κ1) is 8.57. The van der Waals surface area contributed by atoms with E-state index < -0.39 is 5.97 Å². The fourth-order valence-corrected chi connectivity index (χ4v) is 2.06. The molecule has 0 aromatic carbocycles. The van der Waals surface area contributed by atoms with Gasteiger partial charge in [0.2, 0.25) is 0 Å². The molecule has 1 aliphatic rings. The maximum absolute atomic E-state index is 10.9. The molecule has 2 nitrogen and oxygen atoms in total. The second-order valence-corrected chi connectivity index (χ2v) is 3.79. The molecule has 1 fully saturated rings. The smallest absolute Gasteiger partial charge is 0.309 e. The number of carbonyl (C=O) groups is 1. The molecule has 64 valence electrons. The summed E-state index contributed by atoms with van der Waals surface area (Å²) in [6, 6.07) is 0. The highest BCUT2D eigenvalue weighted by atomic mass is 16.4. The molecule has 0 radical (unpaired) electrons. The van der Waals surface area contributed by atoms with Crippen LogP contribution in [-0.4, -0.2) is 11.1 Å². The number of carboxylic acid groups (broad SMARTS) is 1. The predicted octanol–water partition coefficient (Wildman–Crippen LogP) is 2.29. The molecule has 2 atom stereocenters. The van der Waals surface area contributed by atoms with Gasteiger partial charge in [0, 0.05) is 0 Å². The van der Waals surface area contributed by atoms with Gasteiger partial charge in [0.1, 0.15) is 0 Å². The standard InChI is InChI=1S/C9H16O2/c1-3-9(8(10)11)5-4-7(2)6-9/h7H,3-6H2,1-2H3,(H,10,11). The Morgan fingerprint density at radius 1 is 1.73 bits per heavy atom. The molecule has 2 heteroatoms. The summed E-state index contributed by atoms with van der Waals surface area (Å²) in [6.45, 7) is 4.12. The SMILES string of the molecule is CCC1(C(=O)O)CCC(C)C1. The predicted molar refractivity (Wildman–Crippen MR) is 43.4 cm³/mol. The van der Waals surface area contributed by atoms with E-state index in [1.54, 1.807) is 0 Å². The Morgan fingerprint density at radius 2 is 2.36 bits per heavy atom. The summed E-state index contributed by atoms with van der Waals surface area (Å²) >= 11 is 0. The highest BCUT2D eigenvalue weighted by Crippen LogP contribution is 2.44. The van der Waals surface area contributed by atoms with E-state index >= 15 is 0 Å². The van der Waals surface area contributed by atoms with Gasteiger partial charge in [-0.2, -0.15) is 0 Å². The third kappa shape index (κ3) is 1.39. The van der Waals surface area contributed by atoms with E-state index in [0.29, 0.717) is 5.92 Å². The van der Waals surface area contributed by atoms with Crippen LogP contribution in [0.1, 0.15) is 39.5 Å². The first-order chi connectivity index (χ1) is 5.10. The molecule has 1 rings (SSSR count). The van der Waals surface area contributed by atoms with E-state index in [2.05, 4.69) is 6.92 Å².